The lowest BCUT2D eigenvalue weighted by molar-refractivity contribution is -0.114. The molecule has 0 spiro atoms. The van der Waals surface area contributed by atoms with Crippen molar-refractivity contribution in [3.8, 4) is 11.3 Å². The summed E-state index contributed by atoms with van der Waals surface area (Å²) in [5, 5.41) is 11.7. The van der Waals surface area contributed by atoms with Crippen LogP contribution in [-0.2, 0) is 9.63 Å². The number of carbonyl (C=O) groups is 2. The first-order valence-corrected chi connectivity index (χ1v) is 11.0. The molecular formula is C25H24N6O3. The Kier molecular flexibility index (Phi) is 5.69. The summed E-state index contributed by atoms with van der Waals surface area (Å²) in [6.07, 6.45) is 2.40. The third-order valence-electron chi connectivity index (χ3n) is 5.69. The Morgan fingerprint density at radius 2 is 1.88 bits per heavy atom. The van der Waals surface area contributed by atoms with E-state index in [1.165, 1.54) is 12.0 Å². The van der Waals surface area contributed by atoms with Crippen LogP contribution in [0.5, 0.6) is 0 Å². The Morgan fingerprint density at radius 3 is 2.68 bits per heavy atom. The van der Waals surface area contributed by atoms with Crippen LogP contribution in [0.4, 0.5) is 16.3 Å². The number of urea groups is 1. The van der Waals surface area contributed by atoms with Crippen LogP contribution in [0.15, 0.2) is 66.9 Å². The highest BCUT2D eigenvalue weighted by molar-refractivity contribution is 5.91. The Labute approximate surface area is 196 Å². The molecule has 2 N–H and O–H groups in total. The van der Waals surface area contributed by atoms with Crippen LogP contribution in [-0.4, -0.2) is 38.2 Å². The zero-order valence-electron chi connectivity index (χ0n) is 18.9. The van der Waals surface area contributed by atoms with Crippen LogP contribution in [0.2, 0.25) is 0 Å². The summed E-state index contributed by atoms with van der Waals surface area (Å²) >= 11 is 0. The fraction of sp³-hybridized carbons (Fsp3) is 0.200. The molecule has 0 radical (unpaired) electrons. The van der Waals surface area contributed by atoms with Gasteiger partial charge in [0.25, 0.3) is 0 Å². The average molecular weight is 457 g/mol. The van der Waals surface area contributed by atoms with Gasteiger partial charge in [-0.3, -0.25) is 9.63 Å². The number of nitrogens with zero attached hydrogens (tertiary/aromatic N) is 4. The molecule has 2 aromatic carbocycles. The lowest BCUT2D eigenvalue weighted by Crippen LogP contribution is -2.33. The van der Waals surface area contributed by atoms with E-state index in [0.717, 1.165) is 23.1 Å². The topological polar surface area (TPSA) is 101 Å². The van der Waals surface area contributed by atoms with Crippen molar-refractivity contribution in [3.05, 3.63) is 78.0 Å². The largest absolute Gasteiger partial charge is 0.346 e. The van der Waals surface area contributed by atoms with Crippen molar-refractivity contribution in [3.63, 3.8) is 0 Å². The molecule has 172 valence electrons. The number of carbonyl (C=O) groups excluding carboxylic acids is 2. The summed E-state index contributed by atoms with van der Waals surface area (Å²) < 4.78 is 1.61. The molecule has 34 heavy (non-hydrogen) atoms. The SMILES string of the molecule is CC(=O)Nc1cn2nc(-c3ccc(C)c(NC(=O)N4OCCC4c4ccccc4)c3)ccc2n1. The number of hydroxylamine groups is 2. The standard InChI is InChI=1S/C25H24N6O3/c1-16-8-9-19(20-10-11-24-28-23(26-17(2)32)15-30(24)29-20)14-21(16)27-25(33)31-22(12-13-34-31)18-6-4-3-5-7-18/h3-11,14-15,22H,12-13H2,1-2H3,(H,26,32)(H,27,33). The molecule has 3 amide bonds. The molecule has 2 aromatic heterocycles. The number of aryl methyl sites for hydroxylation is 1. The third-order valence-corrected chi connectivity index (χ3v) is 5.69. The van der Waals surface area contributed by atoms with Gasteiger partial charge >= 0.3 is 6.03 Å². The number of amides is 3. The second-order valence-corrected chi connectivity index (χ2v) is 8.16. The highest BCUT2D eigenvalue weighted by atomic mass is 16.7. The molecule has 9 heteroatoms. The zero-order valence-corrected chi connectivity index (χ0v) is 18.9. The zero-order chi connectivity index (χ0) is 23.7. The fourth-order valence-electron chi connectivity index (χ4n) is 4.01. The maximum absolute atomic E-state index is 13.1. The van der Waals surface area contributed by atoms with E-state index in [1.54, 1.807) is 10.7 Å². The van der Waals surface area contributed by atoms with Crippen LogP contribution >= 0.6 is 0 Å². The van der Waals surface area contributed by atoms with Crippen molar-refractivity contribution in [1.82, 2.24) is 19.7 Å². The van der Waals surface area contributed by atoms with Gasteiger partial charge in [-0.05, 0) is 36.2 Å². The number of anilines is 2. The predicted molar refractivity (Wildman–Crippen MR) is 128 cm³/mol. The van der Waals surface area contributed by atoms with Crippen LogP contribution in [0.25, 0.3) is 16.9 Å². The predicted octanol–water partition coefficient (Wildman–Crippen LogP) is 4.57. The Balaban J connectivity index is 1.38. The molecule has 1 aliphatic heterocycles. The van der Waals surface area contributed by atoms with Crippen LogP contribution in [0, 0.1) is 6.92 Å². The van der Waals surface area contributed by atoms with E-state index in [2.05, 4.69) is 20.7 Å². The van der Waals surface area contributed by atoms with Crippen molar-refractivity contribution in [1.29, 1.82) is 0 Å². The molecule has 0 aliphatic carbocycles. The molecular weight excluding hydrogens is 432 g/mol. The minimum Gasteiger partial charge on any atom is -0.310 e. The lowest BCUT2D eigenvalue weighted by Gasteiger charge is -2.23. The molecule has 5 rings (SSSR count). The Morgan fingerprint density at radius 1 is 1.06 bits per heavy atom. The summed E-state index contributed by atoms with van der Waals surface area (Å²) in [6, 6.07) is 18.9. The first kappa shape index (κ1) is 21.6. The fourth-order valence-corrected chi connectivity index (χ4v) is 4.01. The van der Waals surface area contributed by atoms with Gasteiger partial charge in [0.2, 0.25) is 5.91 Å². The van der Waals surface area contributed by atoms with Gasteiger partial charge in [-0.15, -0.1) is 0 Å². The van der Waals surface area contributed by atoms with Crippen molar-refractivity contribution in [2.75, 3.05) is 17.2 Å². The first-order chi connectivity index (χ1) is 16.5. The molecule has 1 unspecified atom stereocenters. The van der Waals surface area contributed by atoms with E-state index >= 15 is 0 Å². The summed E-state index contributed by atoms with van der Waals surface area (Å²) in [5.41, 5.74) is 4.79. The molecule has 1 aliphatic rings. The number of hydrogen-bond donors (Lipinski definition) is 2. The van der Waals surface area contributed by atoms with Gasteiger partial charge in [-0.1, -0.05) is 42.5 Å². The second-order valence-electron chi connectivity index (χ2n) is 8.16. The minimum atomic E-state index is -0.315. The van der Waals surface area contributed by atoms with Gasteiger partial charge in [0.15, 0.2) is 11.5 Å². The third kappa shape index (κ3) is 4.33. The average Bonchev–Trinajstić information content (AvgIpc) is 3.47. The number of benzene rings is 2. The number of hydrogen-bond acceptors (Lipinski definition) is 5. The summed E-state index contributed by atoms with van der Waals surface area (Å²) in [6.45, 7) is 3.85. The smallest absolute Gasteiger partial charge is 0.310 e. The van der Waals surface area contributed by atoms with E-state index < -0.39 is 0 Å². The van der Waals surface area contributed by atoms with Gasteiger partial charge < -0.3 is 10.6 Å². The van der Waals surface area contributed by atoms with Crippen molar-refractivity contribution in [2.24, 2.45) is 0 Å². The monoisotopic (exact) mass is 456 g/mol. The Hall–Kier alpha value is -4.24. The molecule has 9 nitrogen and oxygen atoms in total. The van der Waals surface area contributed by atoms with Crippen molar-refractivity contribution >= 4 is 29.1 Å². The summed E-state index contributed by atoms with van der Waals surface area (Å²) in [7, 11) is 0. The van der Waals surface area contributed by atoms with Crippen LogP contribution in [0.1, 0.15) is 30.5 Å². The number of rotatable bonds is 4. The lowest BCUT2D eigenvalue weighted by atomic mass is 10.0. The molecule has 1 fully saturated rings. The van der Waals surface area contributed by atoms with Gasteiger partial charge in [-0.25, -0.2) is 14.3 Å². The molecule has 1 saturated heterocycles. The summed E-state index contributed by atoms with van der Waals surface area (Å²) in [5.74, 6) is 0.242. The molecule has 0 bridgehead atoms. The van der Waals surface area contributed by atoms with Crippen molar-refractivity contribution < 1.29 is 14.4 Å². The maximum atomic E-state index is 13.1. The number of imidazole rings is 1. The van der Waals surface area contributed by atoms with E-state index in [-0.39, 0.29) is 18.0 Å². The quantitative estimate of drug-likeness (QED) is 0.468. The first-order valence-electron chi connectivity index (χ1n) is 11.0. The van der Waals surface area contributed by atoms with E-state index in [1.807, 2.05) is 67.6 Å². The van der Waals surface area contributed by atoms with Crippen LogP contribution < -0.4 is 10.6 Å². The Bertz CT molecular complexity index is 1370. The van der Waals surface area contributed by atoms with Crippen LogP contribution in [0.3, 0.4) is 0 Å². The second kappa shape index (κ2) is 8.95. The van der Waals surface area contributed by atoms with E-state index in [9.17, 15) is 9.59 Å². The normalized spacial score (nSPS) is 15.5. The highest BCUT2D eigenvalue weighted by Crippen LogP contribution is 2.31. The van der Waals surface area contributed by atoms with E-state index in [4.69, 9.17) is 4.84 Å². The van der Waals surface area contributed by atoms with E-state index in [0.29, 0.717) is 29.5 Å². The molecule has 0 saturated carbocycles. The summed E-state index contributed by atoms with van der Waals surface area (Å²) in [4.78, 5) is 34.4. The highest BCUT2D eigenvalue weighted by Gasteiger charge is 2.32. The van der Waals surface area contributed by atoms with Gasteiger partial charge in [0.05, 0.1) is 24.5 Å². The number of fused-ring (bicyclic) bond motifs is 1. The minimum absolute atomic E-state index is 0.132. The van der Waals surface area contributed by atoms with Crippen molar-refractivity contribution in [2.45, 2.75) is 26.3 Å². The number of nitrogens with one attached hydrogen (secondary N) is 2. The van der Waals surface area contributed by atoms with Gasteiger partial charge in [0.1, 0.15) is 0 Å². The molecule has 3 heterocycles. The van der Waals surface area contributed by atoms with Gasteiger partial charge in [0, 0.05) is 24.6 Å². The maximum Gasteiger partial charge on any atom is 0.346 e. The number of aromatic nitrogens is 3. The molecule has 1 atom stereocenters. The molecule has 4 aromatic rings. The van der Waals surface area contributed by atoms with Gasteiger partial charge in [-0.2, -0.15) is 10.2 Å².